The Morgan fingerprint density at radius 2 is 1.81 bits per heavy atom. The standard InChI is InChI=1S/C18H20BrF4N3O/c1-16(2,20)9-13(26-17(10-24)7-8-17)15(27)25-14(18(21,22)23)11-3-5-12(19)6-4-11/h3-6,13-14,26H,7-9H2,1-2H3,(H,25,27)/t13-,14-/m0/s1. The summed E-state index contributed by atoms with van der Waals surface area (Å²) in [4.78, 5) is 12.6. The van der Waals surface area contributed by atoms with E-state index in [0.717, 1.165) is 0 Å². The Kier molecular flexibility index (Phi) is 6.22. The molecule has 0 spiro atoms. The summed E-state index contributed by atoms with van der Waals surface area (Å²) in [6, 6.07) is 3.90. The van der Waals surface area contributed by atoms with Gasteiger partial charge in [0.15, 0.2) is 6.04 Å². The largest absolute Gasteiger partial charge is 0.412 e. The molecule has 0 aromatic heterocycles. The maximum atomic E-state index is 14.1. The highest BCUT2D eigenvalue weighted by atomic mass is 79.9. The van der Waals surface area contributed by atoms with Gasteiger partial charge in [-0.05, 0) is 44.4 Å². The summed E-state index contributed by atoms with van der Waals surface area (Å²) < 4.78 is 55.2. The van der Waals surface area contributed by atoms with Gasteiger partial charge in [0.1, 0.15) is 11.2 Å². The maximum Gasteiger partial charge on any atom is 0.412 e. The Labute approximate surface area is 163 Å². The first-order valence-electron chi connectivity index (χ1n) is 8.36. The monoisotopic (exact) mass is 449 g/mol. The molecule has 2 rings (SSSR count). The summed E-state index contributed by atoms with van der Waals surface area (Å²) in [6.45, 7) is 2.47. The number of benzene rings is 1. The molecule has 0 heterocycles. The third kappa shape index (κ3) is 6.18. The number of nitrogens with one attached hydrogen (secondary N) is 2. The van der Waals surface area contributed by atoms with Crippen molar-refractivity contribution in [3.63, 3.8) is 0 Å². The van der Waals surface area contributed by atoms with E-state index < -0.39 is 35.4 Å². The molecule has 1 aliphatic carbocycles. The second-order valence-electron chi connectivity index (χ2n) is 7.35. The smallest absolute Gasteiger partial charge is 0.339 e. The molecule has 0 radical (unpaired) electrons. The number of hydrogen-bond acceptors (Lipinski definition) is 3. The molecule has 1 aromatic carbocycles. The number of rotatable bonds is 7. The van der Waals surface area contributed by atoms with Crippen molar-refractivity contribution in [1.82, 2.24) is 10.6 Å². The highest BCUT2D eigenvalue weighted by Gasteiger charge is 2.48. The zero-order valence-corrected chi connectivity index (χ0v) is 16.4. The first-order chi connectivity index (χ1) is 12.4. The van der Waals surface area contributed by atoms with Crippen molar-refractivity contribution in [2.45, 2.75) is 62.6 Å². The van der Waals surface area contributed by atoms with E-state index in [1.165, 1.54) is 38.1 Å². The lowest BCUT2D eigenvalue weighted by atomic mass is 9.98. The van der Waals surface area contributed by atoms with Crippen molar-refractivity contribution in [3.8, 4) is 6.07 Å². The van der Waals surface area contributed by atoms with Crippen molar-refractivity contribution in [3.05, 3.63) is 34.3 Å². The molecule has 1 aromatic rings. The fourth-order valence-corrected chi connectivity index (χ4v) is 2.96. The van der Waals surface area contributed by atoms with Crippen LogP contribution in [0.25, 0.3) is 0 Å². The van der Waals surface area contributed by atoms with Crippen LogP contribution in [0.15, 0.2) is 28.7 Å². The quantitative estimate of drug-likeness (QED) is 0.609. The molecule has 0 unspecified atom stereocenters. The van der Waals surface area contributed by atoms with Crippen molar-refractivity contribution in [2.24, 2.45) is 0 Å². The number of carbonyl (C=O) groups is 1. The van der Waals surface area contributed by atoms with E-state index in [1.807, 2.05) is 11.4 Å². The molecule has 0 aliphatic heterocycles. The number of nitrogens with zero attached hydrogens (tertiary/aromatic N) is 1. The van der Waals surface area contributed by atoms with Crippen LogP contribution in [-0.4, -0.2) is 29.3 Å². The Balaban J connectivity index is 2.23. The Bertz CT molecular complexity index is 718. The number of alkyl halides is 4. The third-order valence-electron chi connectivity index (χ3n) is 4.24. The van der Waals surface area contributed by atoms with Gasteiger partial charge in [-0.1, -0.05) is 28.1 Å². The van der Waals surface area contributed by atoms with Crippen molar-refractivity contribution < 1.29 is 22.4 Å². The predicted octanol–water partition coefficient (Wildman–Crippen LogP) is 4.32. The Morgan fingerprint density at radius 1 is 1.26 bits per heavy atom. The minimum Gasteiger partial charge on any atom is -0.339 e. The van der Waals surface area contributed by atoms with Crippen LogP contribution < -0.4 is 10.6 Å². The second-order valence-corrected chi connectivity index (χ2v) is 8.26. The molecule has 1 saturated carbocycles. The molecule has 9 heteroatoms. The zero-order chi connectivity index (χ0) is 20.5. The van der Waals surface area contributed by atoms with E-state index in [0.29, 0.717) is 17.3 Å². The highest BCUT2D eigenvalue weighted by Crippen LogP contribution is 2.37. The molecule has 0 saturated heterocycles. The topological polar surface area (TPSA) is 64.9 Å². The summed E-state index contributed by atoms with van der Waals surface area (Å²) in [5.41, 5.74) is -2.91. The summed E-state index contributed by atoms with van der Waals surface area (Å²) >= 11 is 3.15. The van der Waals surface area contributed by atoms with Crippen LogP contribution in [0.4, 0.5) is 17.6 Å². The molecule has 2 atom stereocenters. The van der Waals surface area contributed by atoms with Gasteiger partial charge in [-0.25, -0.2) is 4.39 Å². The van der Waals surface area contributed by atoms with Crippen LogP contribution in [0.3, 0.4) is 0 Å². The van der Waals surface area contributed by atoms with Crippen LogP contribution in [-0.2, 0) is 4.79 Å². The van der Waals surface area contributed by atoms with Gasteiger partial charge < -0.3 is 5.32 Å². The molecule has 148 valence electrons. The molecular formula is C18H20BrF4N3O. The van der Waals surface area contributed by atoms with Crippen LogP contribution in [0, 0.1) is 11.3 Å². The second kappa shape index (κ2) is 7.76. The van der Waals surface area contributed by atoms with E-state index >= 15 is 0 Å². The van der Waals surface area contributed by atoms with Gasteiger partial charge in [0, 0.05) is 10.9 Å². The van der Waals surface area contributed by atoms with Gasteiger partial charge >= 0.3 is 6.18 Å². The average Bonchev–Trinajstić information content (AvgIpc) is 3.31. The van der Waals surface area contributed by atoms with E-state index in [4.69, 9.17) is 0 Å². The summed E-state index contributed by atoms with van der Waals surface area (Å²) in [5, 5.41) is 13.9. The van der Waals surface area contributed by atoms with Gasteiger partial charge in [0.25, 0.3) is 0 Å². The average molecular weight is 450 g/mol. The number of carbonyl (C=O) groups excluding carboxylic acids is 1. The van der Waals surface area contributed by atoms with Gasteiger partial charge in [0.2, 0.25) is 5.91 Å². The van der Waals surface area contributed by atoms with Gasteiger partial charge in [-0.15, -0.1) is 0 Å². The van der Waals surface area contributed by atoms with Crippen molar-refractivity contribution in [2.75, 3.05) is 0 Å². The number of hydrogen-bond donors (Lipinski definition) is 2. The van der Waals surface area contributed by atoms with E-state index in [1.54, 1.807) is 0 Å². The first kappa shape index (κ1) is 21.6. The Hall–Kier alpha value is -1.66. The molecule has 1 amide bonds. The number of amides is 1. The molecule has 1 aliphatic rings. The van der Waals surface area contributed by atoms with Crippen molar-refractivity contribution in [1.29, 1.82) is 5.26 Å². The van der Waals surface area contributed by atoms with Crippen LogP contribution >= 0.6 is 15.9 Å². The lowest BCUT2D eigenvalue weighted by molar-refractivity contribution is -0.164. The van der Waals surface area contributed by atoms with Crippen LogP contribution in [0.2, 0.25) is 0 Å². The highest BCUT2D eigenvalue weighted by molar-refractivity contribution is 9.10. The maximum absolute atomic E-state index is 14.1. The Morgan fingerprint density at radius 3 is 2.22 bits per heavy atom. The van der Waals surface area contributed by atoms with E-state index in [9.17, 15) is 27.6 Å². The summed E-state index contributed by atoms with van der Waals surface area (Å²) in [5.74, 6) is -0.993. The molecule has 4 nitrogen and oxygen atoms in total. The summed E-state index contributed by atoms with van der Waals surface area (Å²) in [7, 11) is 0. The van der Waals surface area contributed by atoms with E-state index in [2.05, 4.69) is 21.2 Å². The van der Waals surface area contributed by atoms with Crippen LogP contribution in [0.1, 0.15) is 44.7 Å². The van der Waals surface area contributed by atoms with Gasteiger partial charge in [0.05, 0.1) is 12.1 Å². The fourth-order valence-electron chi connectivity index (χ4n) is 2.69. The summed E-state index contributed by atoms with van der Waals surface area (Å²) in [6.07, 6.45) is -4.15. The first-order valence-corrected chi connectivity index (χ1v) is 9.15. The molecule has 0 bridgehead atoms. The molecular weight excluding hydrogens is 430 g/mol. The molecule has 1 fully saturated rings. The van der Waals surface area contributed by atoms with Gasteiger partial charge in [-0.3, -0.25) is 10.1 Å². The van der Waals surface area contributed by atoms with E-state index in [-0.39, 0.29) is 12.0 Å². The molecule has 27 heavy (non-hydrogen) atoms. The normalized spacial score (nSPS) is 18.3. The minimum atomic E-state index is -4.73. The number of nitriles is 1. The lowest BCUT2D eigenvalue weighted by Gasteiger charge is -2.29. The van der Waals surface area contributed by atoms with Crippen molar-refractivity contribution >= 4 is 21.8 Å². The molecule has 2 N–H and O–H groups in total. The predicted molar refractivity (Wildman–Crippen MR) is 95.4 cm³/mol. The minimum absolute atomic E-state index is 0.140. The third-order valence-corrected chi connectivity index (χ3v) is 4.77. The number of halogens is 5. The van der Waals surface area contributed by atoms with Crippen LogP contribution in [0.5, 0.6) is 0 Å². The van der Waals surface area contributed by atoms with Gasteiger partial charge in [-0.2, -0.15) is 18.4 Å². The fraction of sp³-hybridized carbons (Fsp3) is 0.556. The zero-order valence-electron chi connectivity index (χ0n) is 14.8. The lowest BCUT2D eigenvalue weighted by Crippen LogP contribution is -2.53. The SMILES string of the molecule is CC(C)(F)C[C@H](NC1(C#N)CC1)C(=O)N[C@@H](c1ccc(Br)cc1)C(F)(F)F.